The van der Waals surface area contributed by atoms with Crippen LogP contribution in [0.5, 0.6) is 0 Å². The van der Waals surface area contributed by atoms with E-state index in [9.17, 15) is 9.90 Å². The van der Waals surface area contributed by atoms with E-state index in [4.69, 9.17) is 11.6 Å². The lowest BCUT2D eigenvalue weighted by atomic mass is 9.88. The van der Waals surface area contributed by atoms with Crippen LogP contribution >= 0.6 is 11.6 Å². The average Bonchev–Trinajstić information content (AvgIpc) is 2.27. The van der Waals surface area contributed by atoms with Gasteiger partial charge in [0.05, 0.1) is 0 Å². The maximum atomic E-state index is 11.3. The van der Waals surface area contributed by atoms with Gasteiger partial charge < -0.3 is 5.11 Å². The van der Waals surface area contributed by atoms with Gasteiger partial charge in [0.2, 0.25) is 0 Å². The summed E-state index contributed by atoms with van der Waals surface area (Å²) in [7, 11) is 0. The molecule has 1 unspecified atom stereocenters. The molecule has 3 nitrogen and oxygen atoms in total. The van der Waals surface area contributed by atoms with Gasteiger partial charge in [0.1, 0.15) is 5.54 Å². The van der Waals surface area contributed by atoms with Gasteiger partial charge in [-0.2, -0.15) is 0 Å². The standard InChI is InChI=1S/C13H18ClNO2/c1-9(2)13(3,12(16)17)15-8-10-4-6-11(14)7-5-10/h4-7,9,15H,8H2,1-3H3,(H,16,17). The molecule has 1 aromatic carbocycles. The second-order valence-corrected chi connectivity index (χ2v) is 5.08. The molecule has 1 aromatic rings. The molecule has 0 saturated carbocycles. The van der Waals surface area contributed by atoms with E-state index in [0.717, 1.165) is 5.56 Å². The van der Waals surface area contributed by atoms with Gasteiger partial charge in [-0.1, -0.05) is 37.6 Å². The van der Waals surface area contributed by atoms with Crippen LogP contribution in [0.25, 0.3) is 0 Å². The topological polar surface area (TPSA) is 49.3 Å². The molecular formula is C13H18ClNO2. The fraction of sp³-hybridized carbons (Fsp3) is 0.462. The SMILES string of the molecule is CC(C)C(C)(NCc1ccc(Cl)cc1)C(=O)O. The first-order valence-corrected chi connectivity index (χ1v) is 5.97. The number of aliphatic carboxylic acids is 1. The van der Waals surface area contributed by atoms with Crippen molar-refractivity contribution >= 4 is 17.6 Å². The molecule has 0 heterocycles. The Hall–Kier alpha value is -1.06. The number of carboxylic acid groups (broad SMARTS) is 1. The molecule has 2 N–H and O–H groups in total. The number of rotatable bonds is 5. The van der Waals surface area contributed by atoms with Gasteiger partial charge in [-0.3, -0.25) is 10.1 Å². The summed E-state index contributed by atoms with van der Waals surface area (Å²) in [4.78, 5) is 11.3. The minimum Gasteiger partial charge on any atom is -0.480 e. The maximum absolute atomic E-state index is 11.3. The number of carboxylic acids is 1. The van der Waals surface area contributed by atoms with Crippen LogP contribution in [0.3, 0.4) is 0 Å². The fourth-order valence-corrected chi connectivity index (χ4v) is 1.54. The van der Waals surface area contributed by atoms with Gasteiger partial charge in [-0.25, -0.2) is 0 Å². The third-order valence-electron chi connectivity index (χ3n) is 3.17. The summed E-state index contributed by atoms with van der Waals surface area (Å²) in [6, 6.07) is 7.37. The Balaban J connectivity index is 2.71. The Kier molecular flexibility index (Phi) is 4.54. The summed E-state index contributed by atoms with van der Waals surface area (Å²) in [6.45, 7) is 6.00. The summed E-state index contributed by atoms with van der Waals surface area (Å²) in [5.74, 6) is -0.825. The van der Waals surface area contributed by atoms with Crippen molar-refractivity contribution in [2.45, 2.75) is 32.9 Å². The first-order valence-electron chi connectivity index (χ1n) is 5.59. The predicted octanol–water partition coefficient (Wildman–Crippen LogP) is 2.93. The van der Waals surface area contributed by atoms with Crippen molar-refractivity contribution in [3.05, 3.63) is 34.9 Å². The average molecular weight is 256 g/mol. The summed E-state index contributed by atoms with van der Waals surface area (Å²) in [5.41, 5.74) is 0.0992. The number of hydrogen-bond acceptors (Lipinski definition) is 2. The van der Waals surface area contributed by atoms with Gasteiger partial charge in [0.25, 0.3) is 0 Å². The molecule has 0 aromatic heterocycles. The van der Waals surface area contributed by atoms with E-state index >= 15 is 0 Å². The molecule has 0 aliphatic carbocycles. The highest BCUT2D eigenvalue weighted by Crippen LogP contribution is 2.18. The molecule has 1 atom stereocenters. The van der Waals surface area contributed by atoms with Crippen LogP contribution in [-0.4, -0.2) is 16.6 Å². The number of carbonyl (C=O) groups is 1. The molecule has 0 bridgehead atoms. The van der Waals surface area contributed by atoms with Crippen molar-refractivity contribution in [3.8, 4) is 0 Å². The van der Waals surface area contributed by atoms with Crippen molar-refractivity contribution in [2.75, 3.05) is 0 Å². The second-order valence-electron chi connectivity index (χ2n) is 4.64. The van der Waals surface area contributed by atoms with Gasteiger partial charge in [-0.05, 0) is 30.5 Å². The highest BCUT2D eigenvalue weighted by atomic mass is 35.5. The van der Waals surface area contributed by atoms with E-state index in [1.54, 1.807) is 19.1 Å². The molecule has 4 heteroatoms. The van der Waals surface area contributed by atoms with Gasteiger partial charge in [0, 0.05) is 11.6 Å². The molecule has 0 fully saturated rings. The van der Waals surface area contributed by atoms with Crippen molar-refractivity contribution in [1.29, 1.82) is 0 Å². The molecule has 0 saturated heterocycles. The molecular weight excluding hydrogens is 238 g/mol. The van der Waals surface area contributed by atoms with Crippen LogP contribution in [0.15, 0.2) is 24.3 Å². The highest BCUT2D eigenvalue weighted by Gasteiger charge is 2.35. The number of benzene rings is 1. The maximum Gasteiger partial charge on any atom is 0.323 e. The number of nitrogens with one attached hydrogen (secondary N) is 1. The van der Waals surface area contributed by atoms with Gasteiger partial charge in [0.15, 0.2) is 0 Å². The predicted molar refractivity (Wildman–Crippen MR) is 69.2 cm³/mol. The van der Waals surface area contributed by atoms with Crippen molar-refractivity contribution in [2.24, 2.45) is 5.92 Å². The Morgan fingerprint density at radius 3 is 2.35 bits per heavy atom. The second kappa shape index (κ2) is 5.52. The Morgan fingerprint density at radius 1 is 1.41 bits per heavy atom. The fourth-order valence-electron chi connectivity index (χ4n) is 1.41. The van der Waals surface area contributed by atoms with Crippen LogP contribution in [0, 0.1) is 5.92 Å². The Morgan fingerprint density at radius 2 is 1.94 bits per heavy atom. The summed E-state index contributed by atoms with van der Waals surface area (Å²) in [6.07, 6.45) is 0. The molecule has 1 rings (SSSR count). The third-order valence-corrected chi connectivity index (χ3v) is 3.42. The molecule has 0 amide bonds. The third kappa shape index (κ3) is 3.45. The van der Waals surface area contributed by atoms with E-state index in [1.807, 2.05) is 26.0 Å². The van der Waals surface area contributed by atoms with Crippen molar-refractivity contribution < 1.29 is 9.90 Å². The van der Waals surface area contributed by atoms with Gasteiger partial charge >= 0.3 is 5.97 Å². The van der Waals surface area contributed by atoms with E-state index in [0.29, 0.717) is 11.6 Å². The molecule has 94 valence electrons. The highest BCUT2D eigenvalue weighted by molar-refractivity contribution is 6.30. The minimum absolute atomic E-state index is 0.00676. The lowest BCUT2D eigenvalue weighted by molar-refractivity contribution is -0.146. The number of hydrogen-bond donors (Lipinski definition) is 2. The molecule has 17 heavy (non-hydrogen) atoms. The van der Waals surface area contributed by atoms with Crippen LogP contribution in [-0.2, 0) is 11.3 Å². The van der Waals surface area contributed by atoms with E-state index in [2.05, 4.69) is 5.32 Å². The van der Waals surface area contributed by atoms with E-state index < -0.39 is 11.5 Å². The lowest BCUT2D eigenvalue weighted by Gasteiger charge is -2.30. The zero-order valence-electron chi connectivity index (χ0n) is 10.3. The first kappa shape index (κ1) is 14.0. The monoisotopic (exact) mass is 255 g/mol. The normalized spacial score (nSPS) is 14.6. The van der Waals surface area contributed by atoms with Crippen molar-refractivity contribution in [3.63, 3.8) is 0 Å². The molecule has 0 aliphatic heterocycles. The minimum atomic E-state index is -0.917. The van der Waals surface area contributed by atoms with Crippen LogP contribution in [0.2, 0.25) is 5.02 Å². The van der Waals surface area contributed by atoms with Crippen LogP contribution in [0.1, 0.15) is 26.3 Å². The molecule has 0 spiro atoms. The summed E-state index contributed by atoms with van der Waals surface area (Å²) in [5, 5.41) is 13.0. The molecule has 0 aliphatic rings. The zero-order valence-corrected chi connectivity index (χ0v) is 11.1. The Bertz CT molecular complexity index is 389. The zero-order chi connectivity index (χ0) is 13.1. The van der Waals surface area contributed by atoms with E-state index in [1.165, 1.54) is 0 Å². The Labute approximate surface area is 107 Å². The first-order chi connectivity index (χ1) is 7.86. The quantitative estimate of drug-likeness (QED) is 0.851. The van der Waals surface area contributed by atoms with Crippen molar-refractivity contribution in [1.82, 2.24) is 5.32 Å². The van der Waals surface area contributed by atoms with Crippen LogP contribution < -0.4 is 5.32 Å². The smallest absolute Gasteiger partial charge is 0.323 e. The van der Waals surface area contributed by atoms with Gasteiger partial charge in [-0.15, -0.1) is 0 Å². The lowest BCUT2D eigenvalue weighted by Crippen LogP contribution is -2.53. The summed E-state index contributed by atoms with van der Waals surface area (Å²) >= 11 is 5.79. The van der Waals surface area contributed by atoms with E-state index in [-0.39, 0.29) is 5.92 Å². The summed E-state index contributed by atoms with van der Waals surface area (Å²) < 4.78 is 0. The van der Waals surface area contributed by atoms with Crippen LogP contribution in [0.4, 0.5) is 0 Å². The number of halogens is 1. The largest absolute Gasteiger partial charge is 0.480 e. The molecule has 0 radical (unpaired) electrons.